The number of aromatic amines is 1. The number of likely N-dealkylation sites (tertiary alicyclic amines) is 1. The third-order valence-electron chi connectivity index (χ3n) is 14.0. The molecule has 3 aromatic heterocycles. The summed E-state index contributed by atoms with van der Waals surface area (Å²) < 4.78 is 58.3. The number of carbonyl (C=O) groups excluding carboxylic acids is 1. The number of H-pyrrole nitrogens is 1. The Hall–Kier alpha value is -5.92. The van der Waals surface area contributed by atoms with Crippen molar-refractivity contribution in [3.05, 3.63) is 117 Å². The number of amides is 1. The van der Waals surface area contributed by atoms with Gasteiger partial charge in [0, 0.05) is 74.2 Å². The van der Waals surface area contributed by atoms with Gasteiger partial charge in [0.15, 0.2) is 5.75 Å². The maximum Gasteiger partial charge on any atom is 0.312 e. The number of hydrogen-bond acceptors (Lipinski definition) is 12. The number of rotatable bonds is 13. The summed E-state index contributed by atoms with van der Waals surface area (Å²) in [5, 5.41) is 18.4. The van der Waals surface area contributed by atoms with Gasteiger partial charge in [0.1, 0.15) is 23.4 Å². The zero-order valence-corrected chi connectivity index (χ0v) is 39.5. The first-order valence-corrected chi connectivity index (χ1v) is 24.9. The van der Waals surface area contributed by atoms with Crippen LogP contribution in [0.25, 0.3) is 33.3 Å². The summed E-state index contributed by atoms with van der Waals surface area (Å²) in [6.45, 7) is 10.4. The zero-order chi connectivity index (χ0) is 47.4. The largest absolute Gasteiger partial charge is 0.483 e. The lowest BCUT2D eigenvalue weighted by Crippen LogP contribution is -2.55. The molecule has 3 aromatic carbocycles. The van der Waals surface area contributed by atoms with E-state index in [4.69, 9.17) is 26.1 Å². The minimum Gasteiger partial charge on any atom is -0.483 e. The van der Waals surface area contributed by atoms with Crippen LogP contribution in [0, 0.1) is 15.5 Å². The molecule has 2 N–H and O–H groups in total. The van der Waals surface area contributed by atoms with Crippen molar-refractivity contribution < 1.29 is 32.0 Å². The van der Waals surface area contributed by atoms with E-state index in [0.717, 1.165) is 73.2 Å². The van der Waals surface area contributed by atoms with Gasteiger partial charge in [-0.15, -0.1) is 0 Å². The normalized spacial score (nSPS) is 19.3. The summed E-state index contributed by atoms with van der Waals surface area (Å²) in [7, 11) is -4.69. The Balaban J connectivity index is 0.885. The van der Waals surface area contributed by atoms with Crippen LogP contribution in [0.1, 0.15) is 61.9 Å². The number of nitrogens with zero attached hydrogens (tertiary/aromatic N) is 7. The van der Waals surface area contributed by atoms with E-state index in [1.54, 1.807) is 29.2 Å². The number of nitro benzene ring substituents is 1. The van der Waals surface area contributed by atoms with Crippen LogP contribution in [-0.4, -0.2) is 126 Å². The summed E-state index contributed by atoms with van der Waals surface area (Å²) in [5.74, 6) is -1.25. The van der Waals surface area contributed by atoms with E-state index in [1.807, 2.05) is 30.3 Å². The number of nitro groups is 1. The van der Waals surface area contributed by atoms with Crippen LogP contribution in [0.2, 0.25) is 5.02 Å². The number of alkyl halides is 1. The zero-order valence-electron chi connectivity index (χ0n) is 37.9. The third-order valence-corrected chi connectivity index (χ3v) is 15.6. The number of anilines is 1. The van der Waals surface area contributed by atoms with Crippen molar-refractivity contribution in [1.29, 1.82) is 0 Å². The van der Waals surface area contributed by atoms with E-state index >= 15 is 4.39 Å². The number of aromatic nitrogens is 4. The first kappa shape index (κ1) is 45.8. The van der Waals surface area contributed by atoms with Crippen LogP contribution in [-0.2, 0) is 14.8 Å². The molecule has 6 aromatic rings. The van der Waals surface area contributed by atoms with Crippen LogP contribution in [0.4, 0.5) is 15.8 Å². The fourth-order valence-corrected chi connectivity index (χ4v) is 11.0. The highest BCUT2D eigenvalue weighted by molar-refractivity contribution is 7.90. The molecule has 6 heterocycles. The van der Waals surface area contributed by atoms with Gasteiger partial charge >= 0.3 is 5.69 Å². The molecule has 3 aliphatic heterocycles. The number of sulfonamides is 1. The van der Waals surface area contributed by atoms with E-state index < -0.39 is 43.7 Å². The predicted molar refractivity (Wildman–Crippen MR) is 258 cm³/mol. The number of fused-ring (bicyclic) bond motifs is 2. The Morgan fingerprint density at radius 3 is 2.49 bits per heavy atom. The lowest BCUT2D eigenvalue weighted by molar-refractivity contribution is -0.386. The van der Waals surface area contributed by atoms with Crippen molar-refractivity contribution in [3.8, 4) is 11.4 Å². The fraction of sp³-hybridized carbons (Fsp3) is 0.408. The first-order chi connectivity index (χ1) is 32.6. The number of hydrogen-bond donors (Lipinski definition) is 2. The van der Waals surface area contributed by atoms with Gasteiger partial charge in [-0.05, 0) is 103 Å². The molecule has 356 valence electrons. The Bertz CT molecular complexity index is 3050. The minimum atomic E-state index is -4.69. The highest BCUT2D eigenvalue weighted by atomic mass is 35.5. The Kier molecular flexibility index (Phi) is 12.3. The molecule has 19 heteroatoms. The van der Waals surface area contributed by atoms with Gasteiger partial charge in [-0.2, -0.15) is 5.10 Å². The molecule has 0 spiro atoms. The third kappa shape index (κ3) is 9.44. The van der Waals surface area contributed by atoms with Gasteiger partial charge in [0.25, 0.3) is 15.9 Å². The van der Waals surface area contributed by atoms with Crippen molar-refractivity contribution in [2.45, 2.75) is 62.6 Å². The van der Waals surface area contributed by atoms with Crippen molar-refractivity contribution in [2.24, 2.45) is 5.41 Å². The summed E-state index contributed by atoms with van der Waals surface area (Å²) in [4.78, 5) is 39.9. The minimum absolute atomic E-state index is 0.00408. The molecule has 0 unspecified atom stereocenters. The van der Waals surface area contributed by atoms with Crippen molar-refractivity contribution >= 4 is 66.5 Å². The second kappa shape index (κ2) is 18.2. The summed E-state index contributed by atoms with van der Waals surface area (Å²) in [6.07, 6.45) is 6.88. The van der Waals surface area contributed by atoms with E-state index in [2.05, 4.69) is 55.5 Å². The summed E-state index contributed by atoms with van der Waals surface area (Å²) in [6, 6.07) is 20.4. The van der Waals surface area contributed by atoms with Crippen molar-refractivity contribution in [1.82, 2.24) is 34.3 Å². The fourth-order valence-electron chi connectivity index (χ4n) is 9.84. The Morgan fingerprint density at radius 1 is 1.00 bits per heavy atom. The molecule has 0 saturated carbocycles. The molecule has 16 nitrogen and oxygen atoms in total. The van der Waals surface area contributed by atoms with Gasteiger partial charge in [0.05, 0.1) is 52.0 Å². The molecular formula is C49H53ClFN9O7S. The number of nitrogens with one attached hydrogen (secondary N) is 2. The number of benzene rings is 3. The van der Waals surface area contributed by atoms with Crippen LogP contribution in [0.3, 0.4) is 0 Å². The van der Waals surface area contributed by atoms with Gasteiger partial charge in [-0.3, -0.25) is 24.7 Å². The highest BCUT2D eigenvalue weighted by Crippen LogP contribution is 2.44. The maximum absolute atomic E-state index is 15.8. The van der Waals surface area contributed by atoms with Gasteiger partial charge in [0.2, 0.25) is 0 Å². The van der Waals surface area contributed by atoms with Crippen LogP contribution >= 0.6 is 11.6 Å². The molecular weight excluding hydrogens is 913 g/mol. The van der Waals surface area contributed by atoms with Crippen molar-refractivity contribution in [2.75, 3.05) is 70.5 Å². The molecule has 0 bridgehead atoms. The number of piperazine rings is 1. The van der Waals surface area contributed by atoms with Gasteiger partial charge in [-0.1, -0.05) is 43.2 Å². The number of piperidine rings is 1. The van der Waals surface area contributed by atoms with Gasteiger partial charge < -0.3 is 19.4 Å². The quantitative estimate of drug-likeness (QED) is 0.0844. The predicted octanol–water partition coefficient (Wildman–Crippen LogP) is 7.95. The second-order valence-corrected chi connectivity index (χ2v) is 21.4. The monoisotopic (exact) mass is 965 g/mol. The van der Waals surface area contributed by atoms with Crippen LogP contribution in [0.5, 0.6) is 5.75 Å². The van der Waals surface area contributed by atoms with Crippen molar-refractivity contribution in [3.63, 3.8) is 0 Å². The highest BCUT2D eigenvalue weighted by Gasteiger charge is 2.40. The molecule has 68 heavy (non-hydrogen) atoms. The average Bonchev–Trinajstić information content (AvgIpc) is 3.95. The number of halogens is 2. The van der Waals surface area contributed by atoms with Gasteiger partial charge in [-0.25, -0.2) is 27.2 Å². The Morgan fingerprint density at radius 2 is 1.76 bits per heavy atom. The van der Waals surface area contributed by atoms with E-state index in [0.29, 0.717) is 61.8 Å². The average molecular weight is 967 g/mol. The van der Waals surface area contributed by atoms with E-state index in [9.17, 15) is 23.3 Å². The summed E-state index contributed by atoms with van der Waals surface area (Å²) >= 11 is 6.26. The lowest BCUT2D eigenvalue weighted by Gasteiger charge is -2.43. The molecule has 4 aliphatic rings. The van der Waals surface area contributed by atoms with Crippen LogP contribution < -0.4 is 14.4 Å². The van der Waals surface area contributed by atoms with E-state index in [1.165, 1.54) is 16.7 Å². The number of pyridine rings is 1. The number of allylic oxidation sites excluding steroid dienone is 1. The lowest BCUT2D eigenvalue weighted by atomic mass is 9.72. The molecule has 10 rings (SSSR count). The molecule has 1 amide bonds. The molecule has 3 fully saturated rings. The Labute approximate surface area is 398 Å². The second-order valence-electron chi connectivity index (χ2n) is 19.2. The molecule has 1 aliphatic carbocycles. The first-order valence-electron chi connectivity index (χ1n) is 23.0. The SMILES string of the molecule is CC1(C)CCC(CN2CCN(c3ccc(C(=O)NS(=O)(=O)c4ccc(OCC5(F)CCN(C6COC6)CC5)c([N+](=O)[O-])c4)c(-n4ncc5nc6[nH]ccc6cc54)c3)CC2)=C(c2ccc(Cl)cc2)C1. The van der Waals surface area contributed by atoms with Crippen LogP contribution in [0.15, 0.2) is 95.7 Å². The van der Waals surface area contributed by atoms with E-state index in [-0.39, 0.29) is 35.6 Å². The topological polar surface area (TPSA) is 181 Å². The summed E-state index contributed by atoms with van der Waals surface area (Å²) in [5.41, 5.74) is 4.83. The molecule has 3 saturated heterocycles. The number of ether oxygens (including phenoxy) is 2. The standard InChI is InChI=1S/C49H53ClFN9O7S/c1-48(2)13-11-34(40(26-48)32-3-5-35(50)6-4-32)28-56-19-21-58(22-20-56)36-7-9-39(42(24-36)59-43-23-33-12-16-52-46(33)54-41(43)27-53-59)47(61)55-68(64,65)38-8-10-45(44(25-38)60(62)63)67-31-49(51)14-17-57(18-15-49)37-29-66-30-37/h3-10,12,16,23-25,27,37H,11,13-15,17-22,26,28-31H2,1-2H3,(H,52,54)(H,55,61). The molecule has 0 radical (unpaired) electrons. The smallest absolute Gasteiger partial charge is 0.312 e. The number of carbonyl (C=O) groups is 1. The maximum atomic E-state index is 15.8. The molecule has 0 atom stereocenters.